The molecular weight excluding hydrogens is 326 g/mol. The van der Waals surface area contributed by atoms with Crippen LogP contribution in [-0.4, -0.2) is 42.4 Å². The summed E-state index contributed by atoms with van der Waals surface area (Å²) in [6.07, 6.45) is 7.47. The largest absolute Gasteiger partial charge is 0.340 e. The van der Waals surface area contributed by atoms with Crippen LogP contribution in [0.1, 0.15) is 0 Å². The second kappa shape index (κ2) is 5.59. The van der Waals surface area contributed by atoms with Crippen molar-refractivity contribution in [2.75, 3.05) is 47.0 Å². The number of nitrogens with zero attached hydrogens (tertiary/aromatic N) is 7. The molecule has 0 unspecified atom stereocenters. The Hall–Kier alpha value is -3.35. The lowest BCUT2D eigenvalue weighted by Gasteiger charge is -2.23. The van der Waals surface area contributed by atoms with Gasteiger partial charge in [-0.25, -0.2) is 9.97 Å². The van der Waals surface area contributed by atoms with Crippen molar-refractivity contribution < 1.29 is 0 Å². The van der Waals surface area contributed by atoms with Crippen molar-refractivity contribution in [2.24, 2.45) is 0 Å². The highest BCUT2D eigenvalue weighted by Crippen LogP contribution is 2.41. The summed E-state index contributed by atoms with van der Waals surface area (Å²) in [7, 11) is 4.11. The van der Waals surface area contributed by atoms with Crippen molar-refractivity contribution in [1.82, 2.24) is 15.0 Å². The van der Waals surface area contributed by atoms with Crippen LogP contribution in [0.5, 0.6) is 0 Å². The van der Waals surface area contributed by atoms with Gasteiger partial charge in [0.15, 0.2) is 11.6 Å². The summed E-state index contributed by atoms with van der Waals surface area (Å²) in [4.78, 5) is 22.3. The summed E-state index contributed by atoms with van der Waals surface area (Å²) >= 11 is 0. The Balaban J connectivity index is 1.54. The second-order valence-electron chi connectivity index (χ2n) is 6.63. The van der Waals surface area contributed by atoms with Gasteiger partial charge in [0.2, 0.25) is 0 Å². The smallest absolute Gasteiger partial charge is 0.153 e. The molecule has 7 heteroatoms. The monoisotopic (exact) mass is 345 g/mol. The Bertz CT molecular complexity index is 899. The summed E-state index contributed by atoms with van der Waals surface area (Å²) in [5, 5.41) is 0. The fraction of sp³-hybridized carbons (Fsp3) is 0.211. The third-order valence-corrected chi connectivity index (χ3v) is 4.88. The zero-order chi connectivity index (χ0) is 17.7. The maximum Gasteiger partial charge on any atom is 0.153 e. The van der Waals surface area contributed by atoms with Crippen molar-refractivity contribution >= 4 is 34.4 Å². The number of hydrogen-bond donors (Lipinski definition) is 0. The zero-order valence-corrected chi connectivity index (χ0v) is 14.7. The molecule has 2 aliphatic heterocycles. The molecule has 0 saturated carbocycles. The van der Waals surface area contributed by atoms with E-state index in [1.54, 1.807) is 0 Å². The standard InChI is InChI=1S/C19H19N7/c1-23-12-25(16-5-3-7-21-18(16)23)14-9-15(11-20-10-14)26-13-24(2)19-17(26)6-4-8-22-19/h3-11H,12-13H2,1-2H3. The number of aromatic nitrogens is 3. The van der Waals surface area contributed by atoms with Gasteiger partial charge in [-0.2, -0.15) is 0 Å². The van der Waals surface area contributed by atoms with Crippen LogP contribution >= 0.6 is 0 Å². The molecule has 0 N–H and O–H groups in total. The molecule has 0 atom stereocenters. The fourth-order valence-corrected chi connectivity index (χ4v) is 3.65. The van der Waals surface area contributed by atoms with Crippen molar-refractivity contribution in [3.05, 3.63) is 55.1 Å². The van der Waals surface area contributed by atoms with Gasteiger partial charge in [-0.15, -0.1) is 0 Å². The molecule has 26 heavy (non-hydrogen) atoms. The molecule has 0 bridgehead atoms. The topological polar surface area (TPSA) is 51.6 Å². The Morgan fingerprint density at radius 3 is 1.77 bits per heavy atom. The molecular formula is C19H19N7. The first-order valence-corrected chi connectivity index (χ1v) is 8.55. The molecule has 0 spiro atoms. The lowest BCUT2D eigenvalue weighted by atomic mass is 10.2. The SMILES string of the molecule is CN1CN(c2cncc(N3CN(C)c4ncccc43)c2)c2cccnc21. The maximum atomic E-state index is 4.51. The molecule has 0 radical (unpaired) electrons. The molecule has 5 rings (SSSR count). The van der Waals surface area contributed by atoms with Gasteiger partial charge in [0.25, 0.3) is 0 Å². The number of pyridine rings is 3. The lowest BCUT2D eigenvalue weighted by Crippen LogP contribution is -2.26. The molecule has 0 aliphatic carbocycles. The van der Waals surface area contributed by atoms with Gasteiger partial charge < -0.3 is 19.6 Å². The third kappa shape index (κ3) is 2.17. The average molecular weight is 345 g/mol. The summed E-state index contributed by atoms with van der Waals surface area (Å²) in [6, 6.07) is 10.3. The average Bonchev–Trinajstić information content (AvgIpc) is 3.20. The molecule has 0 fully saturated rings. The predicted molar refractivity (Wildman–Crippen MR) is 104 cm³/mol. The zero-order valence-electron chi connectivity index (χ0n) is 14.7. The quantitative estimate of drug-likeness (QED) is 0.708. The van der Waals surface area contributed by atoms with Gasteiger partial charge >= 0.3 is 0 Å². The first-order chi connectivity index (χ1) is 12.7. The van der Waals surface area contributed by atoms with E-state index in [-0.39, 0.29) is 0 Å². The minimum Gasteiger partial charge on any atom is -0.340 e. The van der Waals surface area contributed by atoms with E-state index in [0.29, 0.717) is 0 Å². The first kappa shape index (κ1) is 14.9. The molecule has 7 nitrogen and oxygen atoms in total. The molecule has 5 heterocycles. The molecule has 0 saturated heterocycles. The van der Waals surface area contributed by atoms with E-state index in [4.69, 9.17) is 0 Å². The van der Waals surface area contributed by atoms with Crippen LogP contribution in [0.15, 0.2) is 55.1 Å². The van der Waals surface area contributed by atoms with E-state index in [9.17, 15) is 0 Å². The number of fused-ring (bicyclic) bond motifs is 2. The number of rotatable bonds is 2. The van der Waals surface area contributed by atoms with E-state index in [2.05, 4.69) is 66.8 Å². The highest BCUT2D eigenvalue weighted by atomic mass is 15.4. The number of hydrogen-bond acceptors (Lipinski definition) is 7. The minimum absolute atomic E-state index is 0.759. The van der Waals surface area contributed by atoms with Crippen molar-refractivity contribution in [2.45, 2.75) is 0 Å². The van der Waals surface area contributed by atoms with Gasteiger partial charge in [-0.1, -0.05) is 0 Å². The molecule has 3 aromatic heterocycles. The Labute approximate surface area is 152 Å². The van der Waals surface area contributed by atoms with Crippen LogP contribution in [0, 0.1) is 0 Å². The minimum atomic E-state index is 0.759. The van der Waals surface area contributed by atoms with Crippen molar-refractivity contribution in [3.63, 3.8) is 0 Å². The van der Waals surface area contributed by atoms with Crippen molar-refractivity contribution in [1.29, 1.82) is 0 Å². The van der Waals surface area contributed by atoms with E-state index in [1.807, 2.05) is 36.9 Å². The Morgan fingerprint density at radius 1 is 0.769 bits per heavy atom. The lowest BCUT2D eigenvalue weighted by molar-refractivity contribution is 0.924. The summed E-state index contributed by atoms with van der Waals surface area (Å²) in [5.41, 5.74) is 4.33. The summed E-state index contributed by atoms with van der Waals surface area (Å²) in [6.45, 7) is 1.52. The third-order valence-electron chi connectivity index (χ3n) is 4.88. The fourth-order valence-electron chi connectivity index (χ4n) is 3.65. The predicted octanol–water partition coefficient (Wildman–Crippen LogP) is 2.96. The van der Waals surface area contributed by atoms with Crippen LogP contribution in [0.2, 0.25) is 0 Å². The van der Waals surface area contributed by atoms with Gasteiger partial charge in [0, 0.05) is 26.5 Å². The number of anilines is 6. The van der Waals surface area contributed by atoms with Crippen LogP contribution in [0.4, 0.5) is 34.4 Å². The van der Waals surface area contributed by atoms with Gasteiger partial charge in [0.1, 0.15) is 0 Å². The Kier molecular flexibility index (Phi) is 3.21. The van der Waals surface area contributed by atoms with Gasteiger partial charge in [-0.3, -0.25) is 4.98 Å². The molecule has 0 amide bonds. The molecule has 2 aliphatic rings. The molecule has 3 aromatic rings. The van der Waals surface area contributed by atoms with Crippen LogP contribution in [0.25, 0.3) is 0 Å². The van der Waals surface area contributed by atoms with Crippen molar-refractivity contribution in [3.8, 4) is 0 Å². The summed E-state index contributed by atoms with van der Waals surface area (Å²) in [5.74, 6) is 1.99. The molecule has 0 aromatic carbocycles. The normalized spacial score (nSPS) is 15.5. The van der Waals surface area contributed by atoms with Crippen LogP contribution < -0.4 is 19.6 Å². The highest BCUT2D eigenvalue weighted by Gasteiger charge is 2.28. The van der Waals surface area contributed by atoms with E-state index in [1.165, 1.54) is 0 Å². The maximum absolute atomic E-state index is 4.51. The first-order valence-electron chi connectivity index (χ1n) is 8.55. The van der Waals surface area contributed by atoms with Crippen LogP contribution in [-0.2, 0) is 0 Å². The van der Waals surface area contributed by atoms with E-state index < -0.39 is 0 Å². The highest BCUT2D eigenvalue weighted by molar-refractivity contribution is 5.83. The van der Waals surface area contributed by atoms with Crippen LogP contribution in [0.3, 0.4) is 0 Å². The van der Waals surface area contributed by atoms with Gasteiger partial charge in [-0.05, 0) is 30.3 Å². The summed E-state index contributed by atoms with van der Waals surface area (Å²) < 4.78 is 0. The molecule has 130 valence electrons. The Morgan fingerprint density at radius 2 is 1.27 bits per heavy atom. The van der Waals surface area contributed by atoms with Gasteiger partial charge in [0.05, 0.1) is 48.5 Å². The van der Waals surface area contributed by atoms with E-state index >= 15 is 0 Å². The second-order valence-corrected chi connectivity index (χ2v) is 6.63. The van der Waals surface area contributed by atoms with E-state index in [0.717, 1.165) is 47.7 Å².